The summed E-state index contributed by atoms with van der Waals surface area (Å²) in [6, 6.07) is -0.185. The third kappa shape index (κ3) is 2.31. The molecule has 0 aromatic carbocycles. The number of nitrogens with one attached hydrogen (secondary N) is 2. The number of amides is 2. The van der Waals surface area contributed by atoms with Crippen molar-refractivity contribution in [2.24, 2.45) is 5.92 Å². The zero-order valence-corrected chi connectivity index (χ0v) is 12.0. The zero-order chi connectivity index (χ0) is 14.2. The topological polar surface area (TPSA) is 70.7 Å². The molecule has 6 nitrogen and oxygen atoms in total. The molecular weight excluding hydrogens is 258 g/mol. The number of hydrogen-bond acceptors (Lipinski definition) is 4. The molecule has 20 heavy (non-hydrogen) atoms. The van der Waals surface area contributed by atoms with E-state index < -0.39 is 5.54 Å². The van der Waals surface area contributed by atoms with Crippen LogP contribution in [0.3, 0.4) is 0 Å². The molecule has 1 atom stereocenters. The minimum Gasteiger partial charge on any atom is -0.376 e. The van der Waals surface area contributed by atoms with E-state index in [1.807, 2.05) is 0 Å². The SMILES string of the molecule is CNC(=O)C1(N2CCCC2C(=O)NCC2CC2)COC1. The van der Waals surface area contributed by atoms with E-state index in [0.29, 0.717) is 19.1 Å². The van der Waals surface area contributed by atoms with Gasteiger partial charge in [-0.15, -0.1) is 0 Å². The molecule has 2 heterocycles. The van der Waals surface area contributed by atoms with Crippen LogP contribution >= 0.6 is 0 Å². The lowest BCUT2D eigenvalue weighted by atomic mass is 9.92. The summed E-state index contributed by atoms with van der Waals surface area (Å²) in [7, 11) is 1.64. The molecule has 3 fully saturated rings. The summed E-state index contributed by atoms with van der Waals surface area (Å²) in [5, 5.41) is 5.75. The fraction of sp³-hybridized carbons (Fsp3) is 0.857. The fourth-order valence-electron chi connectivity index (χ4n) is 3.19. The van der Waals surface area contributed by atoms with Crippen molar-refractivity contribution in [2.45, 2.75) is 37.3 Å². The highest BCUT2D eigenvalue weighted by Gasteiger charge is 2.55. The molecule has 2 saturated heterocycles. The summed E-state index contributed by atoms with van der Waals surface area (Å²) in [5.41, 5.74) is -0.632. The van der Waals surface area contributed by atoms with Gasteiger partial charge in [0.25, 0.3) is 0 Å². The molecule has 3 aliphatic rings. The molecule has 1 saturated carbocycles. The van der Waals surface area contributed by atoms with E-state index in [1.54, 1.807) is 7.05 Å². The van der Waals surface area contributed by atoms with Crippen LogP contribution in [-0.2, 0) is 14.3 Å². The molecule has 0 radical (unpaired) electrons. The average Bonchev–Trinajstić information content (AvgIpc) is 3.11. The predicted molar refractivity (Wildman–Crippen MR) is 73.1 cm³/mol. The maximum absolute atomic E-state index is 12.4. The quantitative estimate of drug-likeness (QED) is 0.712. The molecule has 0 aromatic heterocycles. The summed E-state index contributed by atoms with van der Waals surface area (Å²) in [6.45, 7) is 2.35. The first kappa shape index (κ1) is 13.8. The second kappa shape index (κ2) is 5.33. The van der Waals surface area contributed by atoms with Gasteiger partial charge in [0.15, 0.2) is 0 Å². The summed E-state index contributed by atoms with van der Waals surface area (Å²) in [4.78, 5) is 26.6. The van der Waals surface area contributed by atoms with Gasteiger partial charge in [0, 0.05) is 20.1 Å². The monoisotopic (exact) mass is 281 g/mol. The lowest BCUT2D eigenvalue weighted by Gasteiger charge is -2.48. The second-order valence-electron chi connectivity index (χ2n) is 6.14. The Labute approximate surface area is 119 Å². The third-order valence-electron chi connectivity index (χ3n) is 4.70. The number of carbonyl (C=O) groups excluding carboxylic acids is 2. The molecule has 3 rings (SSSR count). The van der Waals surface area contributed by atoms with Gasteiger partial charge in [-0.25, -0.2) is 0 Å². The van der Waals surface area contributed by atoms with Gasteiger partial charge in [0.2, 0.25) is 11.8 Å². The Morgan fingerprint density at radius 3 is 2.60 bits per heavy atom. The summed E-state index contributed by atoms with van der Waals surface area (Å²) < 4.78 is 5.28. The Morgan fingerprint density at radius 2 is 2.05 bits per heavy atom. The number of ether oxygens (including phenoxy) is 1. The normalized spacial score (nSPS) is 28.8. The highest BCUT2D eigenvalue weighted by atomic mass is 16.5. The van der Waals surface area contributed by atoms with E-state index in [-0.39, 0.29) is 17.9 Å². The molecule has 2 aliphatic heterocycles. The van der Waals surface area contributed by atoms with Crippen molar-refractivity contribution in [3.05, 3.63) is 0 Å². The number of likely N-dealkylation sites (tertiary alicyclic amines) is 1. The number of hydrogen-bond donors (Lipinski definition) is 2. The minimum absolute atomic E-state index is 0.0364. The molecule has 0 aromatic rings. The van der Waals surface area contributed by atoms with Crippen molar-refractivity contribution < 1.29 is 14.3 Å². The summed E-state index contributed by atoms with van der Waals surface area (Å²) in [5.74, 6) is 0.712. The van der Waals surface area contributed by atoms with Crippen molar-refractivity contribution in [3.8, 4) is 0 Å². The first-order valence-electron chi connectivity index (χ1n) is 7.52. The van der Waals surface area contributed by atoms with Crippen LogP contribution in [0.25, 0.3) is 0 Å². The predicted octanol–water partition coefficient (Wildman–Crippen LogP) is -0.508. The molecule has 112 valence electrons. The Morgan fingerprint density at radius 1 is 1.30 bits per heavy atom. The Hall–Kier alpha value is -1.14. The lowest BCUT2D eigenvalue weighted by molar-refractivity contribution is -0.174. The van der Waals surface area contributed by atoms with Gasteiger partial charge in [0.1, 0.15) is 5.54 Å². The van der Waals surface area contributed by atoms with Crippen LogP contribution in [0.5, 0.6) is 0 Å². The Bertz CT molecular complexity index is 404. The van der Waals surface area contributed by atoms with E-state index in [2.05, 4.69) is 15.5 Å². The number of nitrogens with zero attached hydrogens (tertiary/aromatic N) is 1. The van der Waals surface area contributed by atoms with Gasteiger partial charge in [-0.2, -0.15) is 0 Å². The van der Waals surface area contributed by atoms with Crippen LogP contribution in [0.15, 0.2) is 0 Å². The first-order valence-corrected chi connectivity index (χ1v) is 7.52. The van der Waals surface area contributed by atoms with Crippen LogP contribution in [0.1, 0.15) is 25.7 Å². The highest BCUT2D eigenvalue weighted by molar-refractivity contribution is 5.89. The van der Waals surface area contributed by atoms with Crippen LogP contribution < -0.4 is 10.6 Å². The molecule has 2 N–H and O–H groups in total. The number of carbonyl (C=O) groups is 2. The standard InChI is InChI=1S/C14H23N3O3/c1-15-13(19)14(8-20-9-14)17-6-2-3-11(17)12(18)16-7-10-4-5-10/h10-11H,2-9H2,1H3,(H,15,19)(H,16,18). The molecule has 0 bridgehead atoms. The Balaban J connectivity index is 1.67. The highest BCUT2D eigenvalue weighted by Crippen LogP contribution is 2.33. The summed E-state index contributed by atoms with van der Waals surface area (Å²) in [6.07, 6.45) is 4.24. The maximum Gasteiger partial charge on any atom is 0.245 e. The van der Waals surface area contributed by atoms with Crippen LogP contribution in [0.4, 0.5) is 0 Å². The van der Waals surface area contributed by atoms with Crippen molar-refractivity contribution in [1.82, 2.24) is 15.5 Å². The molecule has 2 amide bonds. The van der Waals surface area contributed by atoms with E-state index in [1.165, 1.54) is 12.8 Å². The van der Waals surface area contributed by atoms with E-state index >= 15 is 0 Å². The first-order chi connectivity index (χ1) is 9.67. The van der Waals surface area contributed by atoms with E-state index in [4.69, 9.17) is 4.74 Å². The molecular formula is C14H23N3O3. The van der Waals surface area contributed by atoms with Gasteiger partial charge in [0.05, 0.1) is 19.3 Å². The van der Waals surface area contributed by atoms with Crippen molar-refractivity contribution >= 4 is 11.8 Å². The smallest absolute Gasteiger partial charge is 0.245 e. The lowest BCUT2D eigenvalue weighted by Crippen LogP contribution is -2.71. The average molecular weight is 281 g/mol. The van der Waals surface area contributed by atoms with Crippen molar-refractivity contribution in [3.63, 3.8) is 0 Å². The van der Waals surface area contributed by atoms with Gasteiger partial charge >= 0.3 is 0 Å². The minimum atomic E-state index is -0.632. The third-order valence-corrected chi connectivity index (χ3v) is 4.70. The molecule has 0 spiro atoms. The van der Waals surface area contributed by atoms with Crippen molar-refractivity contribution in [2.75, 3.05) is 33.4 Å². The number of likely N-dealkylation sites (N-methyl/N-ethyl adjacent to an activating group) is 1. The molecule has 1 aliphatic carbocycles. The van der Waals surface area contributed by atoms with Gasteiger partial charge in [-0.3, -0.25) is 14.5 Å². The maximum atomic E-state index is 12.4. The van der Waals surface area contributed by atoms with Crippen LogP contribution in [0, 0.1) is 5.92 Å². The van der Waals surface area contributed by atoms with E-state index in [9.17, 15) is 9.59 Å². The van der Waals surface area contributed by atoms with E-state index in [0.717, 1.165) is 25.9 Å². The van der Waals surface area contributed by atoms with Crippen LogP contribution in [-0.4, -0.2) is 61.6 Å². The molecule has 6 heteroatoms. The number of rotatable bonds is 5. The zero-order valence-electron chi connectivity index (χ0n) is 12.0. The van der Waals surface area contributed by atoms with Crippen LogP contribution in [0.2, 0.25) is 0 Å². The molecule has 1 unspecified atom stereocenters. The largest absolute Gasteiger partial charge is 0.376 e. The second-order valence-corrected chi connectivity index (χ2v) is 6.14. The van der Waals surface area contributed by atoms with Gasteiger partial charge in [-0.05, 0) is 31.6 Å². The van der Waals surface area contributed by atoms with Gasteiger partial charge < -0.3 is 15.4 Å². The van der Waals surface area contributed by atoms with Crippen molar-refractivity contribution in [1.29, 1.82) is 0 Å². The summed E-state index contributed by atoms with van der Waals surface area (Å²) >= 11 is 0. The van der Waals surface area contributed by atoms with Gasteiger partial charge in [-0.1, -0.05) is 0 Å². The Kier molecular flexibility index (Phi) is 3.69. The fourth-order valence-corrected chi connectivity index (χ4v) is 3.19.